The van der Waals surface area contributed by atoms with Crippen molar-refractivity contribution in [3.8, 4) is 0 Å². The Kier molecular flexibility index (Phi) is 5.91. The van der Waals surface area contributed by atoms with E-state index < -0.39 is 17.7 Å². The van der Waals surface area contributed by atoms with E-state index in [0.29, 0.717) is 18.2 Å². The van der Waals surface area contributed by atoms with Gasteiger partial charge in [0.05, 0.1) is 12.2 Å². The molecule has 3 nitrogen and oxygen atoms in total. The molecule has 6 heteroatoms. The Hall–Kier alpha value is -0.690. The van der Waals surface area contributed by atoms with Crippen LogP contribution in [-0.4, -0.2) is 53.4 Å². The summed E-state index contributed by atoms with van der Waals surface area (Å²) in [5.74, 6) is 0.388. The van der Waals surface area contributed by atoms with Crippen molar-refractivity contribution in [2.24, 2.45) is 0 Å². The topological polar surface area (TPSA) is 32.7 Å². The fraction of sp³-hybridized carbons (Fsp3) is 0.647. The number of halogens is 2. The van der Waals surface area contributed by atoms with Gasteiger partial charge < -0.3 is 9.84 Å². The van der Waals surface area contributed by atoms with E-state index in [9.17, 15) is 13.9 Å². The summed E-state index contributed by atoms with van der Waals surface area (Å²) in [5, 5.41) is 10.5. The normalized spacial score (nSPS) is 26.1. The number of benzene rings is 1. The number of thioether (sulfide) groups is 1. The van der Waals surface area contributed by atoms with Crippen LogP contribution in [0.5, 0.6) is 0 Å². The van der Waals surface area contributed by atoms with Gasteiger partial charge in [-0.25, -0.2) is 8.78 Å². The van der Waals surface area contributed by atoms with Crippen LogP contribution in [0.3, 0.4) is 0 Å². The fourth-order valence-corrected chi connectivity index (χ4v) is 4.53. The third-order valence-electron chi connectivity index (χ3n) is 4.62. The van der Waals surface area contributed by atoms with Gasteiger partial charge in [-0.2, -0.15) is 11.8 Å². The largest absolute Gasteiger partial charge is 0.387 e. The quantitative estimate of drug-likeness (QED) is 0.861. The lowest BCUT2D eigenvalue weighted by atomic mass is 10.1. The molecule has 1 aromatic carbocycles. The van der Waals surface area contributed by atoms with Crippen molar-refractivity contribution in [3.05, 3.63) is 35.4 Å². The molecule has 23 heavy (non-hydrogen) atoms. The minimum absolute atomic E-state index is 0.220. The maximum Gasteiger partial charge on any atom is 0.159 e. The molecule has 0 amide bonds. The SMILES string of the molecule is OC(CN(CC1CCCO1)C1CCSC1)c1ccc(F)c(F)c1. The molecular formula is C17H23F2NO2S. The Morgan fingerprint density at radius 3 is 2.83 bits per heavy atom. The van der Waals surface area contributed by atoms with Crippen molar-refractivity contribution in [1.82, 2.24) is 4.90 Å². The van der Waals surface area contributed by atoms with Crippen LogP contribution in [0.4, 0.5) is 8.78 Å². The Labute approximate surface area is 140 Å². The monoisotopic (exact) mass is 343 g/mol. The van der Waals surface area contributed by atoms with Gasteiger partial charge in [-0.15, -0.1) is 0 Å². The predicted octanol–water partition coefficient (Wildman–Crippen LogP) is 2.98. The fourth-order valence-electron chi connectivity index (χ4n) is 3.28. The molecule has 2 aliphatic heterocycles. The molecule has 2 heterocycles. The maximum atomic E-state index is 13.4. The summed E-state index contributed by atoms with van der Waals surface area (Å²) >= 11 is 1.92. The van der Waals surface area contributed by atoms with Gasteiger partial charge in [0, 0.05) is 31.5 Å². The van der Waals surface area contributed by atoms with E-state index in [0.717, 1.165) is 56.1 Å². The van der Waals surface area contributed by atoms with Crippen LogP contribution in [-0.2, 0) is 4.74 Å². The molecule has 0 spiro atoms. The van der Waals surface area contributed by atoms with Gasteiger partial charge in [0.2, 0.25) is 0 Å². The highest BCUT2D eigenvalue weighted by Gasteiger charge is 2.29. The lowest BCUT2D eigenvalue weighted by Crippen LogP contribution is -2.42. The van der Waals surface area contributed by atoms with Crippen molar-refractivity contribution in [3.63, 3.8) is 0 Å². The first-order chi connectivity index (χ1) is 11.1. The van der Waals surface area contributed by atoms with E-state index >= 15 is 0 Å². The summed E-state index contributed by atoms with van der Waals surface area (Å²) in [5.41, 5.74) is 0.423. The first-order valence-electron chi connectivity index (χ1n) is 8.20. The summed E-state index contributed by atoms with van der Waals surface area (Å²) in [6.45, 7) is 2.03. The number of nitrogens with zero attached hydrogens (tertiary/aromatic N) is 1. The van der Waals surface area contributed by atoms with Crippen molar-refractivity contribution in [2.45, 2.75) is 37.5 Å². The van der Waals surface area contributed by atoms with Crippen LogP contribution in [0.2, 0.25) is 0 Å². The number of rotatable bonds is 6. The first kappa shape index (κ1) is 17.1. The summed E-state index contributed by atoms with van der Waals surface area (Å²) in [4.78, 5) is 2.27. The van der Waals surface area contributed by atoms with Gasteiger partial charge in [-0.05, 0) is 42.7 Å². The average Bonchev–Trinajstić information content (AvgIpc) is 3.22. The van der Waals surface area contributed by atoms with Gasteiger partial charge in [0.25, 0.3) is 0 Å². The molecule has 3 unspecified atom stereocenters. The summed E-state index contributed by atoms with van der Waals surface area (Å²) in [6, 6.07) is 4.04. The second kappa shape index (κ2) is 7.92. The minimum atomic E-state index is -0.913. The van der Waals surface area contributed by atoms with Crippen molar-refractivity contribution >= 4 is 11.8 Å². The van der Waals surface area contributed by atoms with Gasteiger partial charge in [0.1, 0.15) is 0 Å². The minimum Gasteiger partial charge on any atom is -0.387 e. The Morgan fingerprint density at radius 2 is 2.17 bits per heavy atom. The molecule has 0 radical (unpaired) electrons. The van der Waals surface area contributed by atoms with Gasteiger partial charge >= 0.3 is 0 Å². The lowest BCUT2D eigenvalue weighted by Gasteiger charge is -2.32. The second-order valence-corrected chi connectivity index (χ2v) is 7.45. The Bertz CT molecular complexity index is 519. The highest BCUT2D eigenvalue weighted by atomic mass is 32.2. The highest BCUT2D eigenvalue weighted by molar-refractivity contribution is 7.99. The van der Waals surface area contributed by atoms with Crippen LogP contribution < -0.4 is 0 Å². The molecule has 2 aliphatic rings. The van der Waals surface area contributed by atoms with Gasteiger partial charge in [-0.3, -0.25) is 4.90 Å². The number of aliphatic hydroxyl groups is 1. The molecule has 0 saturated carbocycles. The molecule has 2 fully saturated rings. The van der Waals surface area contributed by atoms with E-state index in [1.165, 1.54) is 6.07 Å². The molecule has 3 atom stereocenters. The van der Waals surface area contributed by atoms with E-state index in [-0.39, 0.29) is 6.10 Å². The van der Waals surface area contributed by atoms with Crippen LogP contribution in [0.1, 0.15) is 30.9 Å². The number of ether oxygens (including phenoxy) is 1. The third kappa shape index (κ3) is 4.44. The highest BCUT2D eigenvalue weighted by Crippen LogP contribution is 2.27. The van der Waals surface area contributed by atoms with E-state index in [1.807, 2.05) is 11.8 Å². The lowest BCUT2D eigenvalue weighted by molar-refractivity contribution is 0.0343. The van der Waals surface area contributed by atoms with E-state index in [2.05, 4.69) is 4.90 Å². The molecule has 1 aromatic rings. The standard InChI is InChI=1S/C17H23F2NO2S/c18-15-4-3-12(8-16(15)19)17(21)10-20(13-5-7-23-11-13)9-14-2-1-6-22-14/h3-4,8,13-14,17,21H,1-2,5-7,9-11H2. The van der Waals surface area contributed by atoms with Crippen molar-refractivity contribution in [2.75, 3.05) is 31.2 Å². The molecule has 2 saturated heterocycles. The van der Waals surface area contributed by atoms with E-state index in [1.54, 1.807) is 0 Å². The van der Waals surface area contributed by atoms with Crippen molar-refractivity contribution < 1.29 is 18.6 Å². The molecule has 0 aliphatic carbocycles. The molecule has 0 bridgehead atoms. The zero-order valence-electron chi connectivity index (χ0n) is 13.1. The molecule has 1 N–H and O–H groups in total. The number of hydrogen-bond acceptors (Lipinski definition) is 4. The molecule has 0 aromatic heterocycles. The predicted molar refractivity (Wildman–Crippen MR) is 87.6 cm³/mol. The van der Waals surface area contributed by atoms with E-state index in [4.69, 9.17) is 4.74 Å². The summed E-state index contributed by atoms with van der Waals surface area (Å²) < 4.78 is 32.2. The van der Waals surface area contributed by atoms with Crippen LogP contribution >= 0.6 is 11.8 Å². The van der Waals surface area contributed by atoms with Crippen LogP contribution in [0.15, 0.2) is 18.2 Å². The number of hydrogen-bond donors (Lipinski definition) is 1. The summed E-state index contributed by atoms with van der Waals surface area (Å²) in [7, 11) is 0. The van der Waals surface area contributed by atoms with Gasteiger partial charge in [0.15, 0.2) is 11.6 Å². The number of aliphatic hydroxyl groups excluding tert-OH is 1. The maximum absolute atomic E-state index is 13.4. The summed E-state index contributed by atoms with van der Waals surface area (Å²) in [6.07, 6.45) is 2.64. The zero-order valence-corrected chi connectivity index (χ0v) is 13.9. The molecule has 3 rings (SSSR count). The van der Waals surface area contributed by atoms with Gasteiger partial charge in [-0.1, -0.05) is 6.07 Å². The zero-order chi connectivity index (χ0) is 16.2. The average molecular weight is 343 g/mol. The smallest absolute Gasteiger partial charge is 0.159 e. The van der Waals surface area contributed by atoms with Crippen LogP contribution in [0.25, 0.3) is 0 Å². The first-order valence-corrected chi connectivity index (χ1v) is 9.35. The Morgan fingerprint density at radius 1 is 1.30 bits per heavy atom. The third-order valence-corrected chi connectivity index (χ3v) is 5.76. The molecule has 128 valence electrons. The van der Waals surface area contributed by atoms with Crippen LogP contribution in [0, 0.1) is 11.6 Å². The molecular weight excluding hydrogens is 320 g/mol. The van der Waals surface area contributed by atoms with Crippen molar-refractivity contribution in [1.29, 1.82) is 0 Å². The Balaban J connectivity index is 1.66. The second-order valence-electron chi connectivity index (χ2n) is 6.30.